The van der Waals surface area contributed by atoms with Crippen LogP contribution < -0.4 is 10.2 Å². The Kier molecular flexibility index (Phi) is 6.71. The van der Waals surface area contributed by atoms with Crippen LogP contribution in [-0.4, -0.2) is 40.0 Å². The van der Waals surface area contributed by atoms with Gasteiger partial charge in [0, 0.05) is 25.5 Å². The van der Waals surface area contributed by atoms with Crippen LogP contribution in [0.1, 0.15) is 13.8 Å². The van der Waals surface area contributed by atoms with Gasteiger partial charge in [0.25, 0.3) is 0 Å². The van der Waals surface area contributed by atoms with Crippen LogP contribution in [0.3, 0.4) is 0 Å². The van der Waals surface area contributed by atoms with Crippen molar-refractivity contribution in [1.29, 1.82) is 5.41 Å². The van der Waals surface area contributed by atoms with Crippen molar-refractivity contribution in [3.63, 3.8) is 0 Å². The lowest BCUT2D eigenvalue weighted by Gasteiger charge is -2.23. The van der Waals surface area contributed by atoms with E-state index in [1.165, 1.54) is 6.21 Å². The highest BCUT2D eigenvalue weighted by atomic mass is 35.5. The zero-order chi connectivity index (χ0) is 18.2. The third kappa shape index (κ3) is 4.67. The Morgan fingerprint density at radius 3 is 3.00 bits per heavy atom. The molecule has 2 rings (SSSR count). The lowest BCUT2D eigenvalue weighted by Crippen LogP contribution is -2.38. The Morgan fingerprint density at radius 2 is 2.36 bits per heavy atom. The fourth-order valence-electron chi connectivity index (χ4n) is 2.31. The summed E-state index contributed by atoms with van der Waals surface area (Å²) in [5, 5.41) is 14.5. The highest BCUT2D eigenvalue weighted by molar-refractivity contribution is 6.32. The van der Waals surface area contributed by atoms with E-state index < -0.39 is 0 Å². The number of amides is 1. The number of pyridine rings is 1. The summed E-state index contributed by atoms with van der Waals surface area (Å²) in [6.45, 7) is 4.69. The predicted octanol–water partition coefficient (Wildman–Crippen LogP) is 2.66. The summed E-state index contributed by atoms with van der Waals surface area (Å²) < 4.78 is 1.61. The lowest BCUT2D eigenvalue weighted by atomic mass is 10.1. The van der Waals surface area contributed by atoms with Crippen LogP contribution in [-0.2, 0) is 4.79 Å². The van der Waals surface area contributed by atoms with Crippen LogP contribution in [0.4, 0.5) is 5.69 Å². The van der Waals surface area contributed by atoms with Crippen LogP contribution in [0.25, 0.3) is 5.69 Å². The van der Waals surface area contributed by atoms with Crippen molar-refractivity contribution in [2.75, 3.05) is 18.0 Å². The van der Waals surface area contributed by atoms with Crippen LogP contribution >= 0.6 is 11.6 Å². The van der Waals surface area contributed by atoms with Crippen LogP contribution in [0.15, 0.2) is 43.0 Å². The minimum absolute atomic E-state index is 0.0501. The van der Waals surface area contributed by atoms with E-state index in [2.05, 4.69) is 15.4 Å². The van der Waals surface area contributed by atoms with Gasteiger partial charge in [-0.3, -0.25) is 9.78 Å². The van der Waals surface area contributed by atoms with Gasteiger partial charge in [0.05, 0.1) is 24.0 Å². The van der Waals surface area contributed by atoms with Gasteiger partial charge in [-0.15, -0.1) is 0 Å². The molecule has 1 unspecified atom stereocenters. The zero-order valence-electron chi connectivity index (χ0n) is 14.2. The molecule has 2 aromatic rings. The number of allylic oxidation sites excluding steroid dienone is 1. The van der Waals surface area contributed by atoms with Crippen molar-refractivity contribution in [3.05, 3.63) is 48.2 Å². The maximum absolute atomic E-state index is 12.7. The first-order chi connectivity index (χ1) is 12.1. The first-order valence-corrected chi connectivity index (χ1v) is 8.32. The molecule has 2 heterocycles. The van der Waals surface area contributed by atoms with Crippen LogP contribution in [0, 0.1) is 11.3 Å². The largest absolute Gasteiger partial charge is 0.390 e. The Labute approximate surface area is 151 Å². The number of anilines is 1. The molecule has 0 bridgehead atoms. The van der Waals surface area contributed by atoms with Gasteiger partial charge >= 0.3 is 0 Å². The standard InChI is InChI=1S/C17H21ClN6O/c1-3-23(17(25)13(2)10-20-9-5-7-19)15-12-24(22-16(15)18)14-6-4-8-21-11-14/h4-9,11-13,19-20H,3,10H2,1-2H3/b9-5-,19-7?. The van der Waals surface area contributed by atoms with Gasteiger partial charge in [0.15, 0.2) is 5.15 Å². The minimum atomic E-state index is -0.256. The van der Waals surface area contributed by atoms with E-state index in [0.717, 1.165) is 5.69 Å². The number of carbonyl (C=O) groups is 1. The van der Waals surface area contributed by atoms with Crippen LogP contribution in [0.2, 0.25) is 5.15 Å². The van der Waals surface area contributed by atoms with E-state index in [4.69, 9.17) is 17.0 Å². The molecule has 0 fully saturated rings. The molecule has 2 aromatic heterocycles. The Morgan fingerprint density at radius 1 is 1.56 bits per heavy atom. The number of aromatic nitrogens is 3. The van der Waals surface area contributed by atoms with Crippen molar-refractivity contribution in [2.24, 2.45) is 5.92 Å². The summed E-state index contributed by atoms with van der Waals surface area (Å²) >= 11 is 6.26. The molecule has 0 saturated carbocycles. The zero-order valence-corrected chi connectivity index (χ0v) is 14.9. The van der Waals surface area contributed by atoms with E-state index in [9.17, 15) is 4.79 Å². The number of halogens is 1. The third-order valence-electron chi connectivity index (χ3n) is 3.59. The Bertz CT molecular complexity index is 743. The normalized spacial score (nSPS) is 12.1. The first-order valence-electron chi connectivity index (χ1n) is 7.94. The molecular formula is C17H21ClN6O. The lowest BCUT2D eigenvalue weighted by molar-refractivity contribution is -0.121. The molecule has 132 valence electrons. The summed E-state index contributed by atoms with van der Waals surface area (Å²) in [6.07, 6.45) is 9.46. The van der Waals surface area contributed by atoms with Crippen molar-refractivity contribution >= 4 is 29.4 Å². The van der Waals surface area contributed by atoms with Gasteiger partial charge in [-0.05, 0) is 31.3 Å². The quantitative estimate of drug-likeness (QED) is 0.708. The second-order valence-electron chi connectivity index (χ2n) is 5.38. The number of nitrogens with zero attached hydrogens (tertiary/aromatic N) is 4. The molecule has 0 radical (unpaired) electrons. The Hall–Kier alpha value is -2.67. The van der Waals surface area contributed by atoms with Gasteiger partial charge in [-0.25, -0.2) is 4.68 Å². The smallest absolute Gasteiger partial charge is 0.231 e. The van der Waals surface area contributed by atoms with Gasteiger partial charge in [0.2, 0.25) is 5.91 Å². The van der Waals surface area contributed by atoms with Gasteiger partial charge in [-0.1, -0.05) is 18.5 Å². The fourth-order valence-corrected chi connectivity index (χ4v) is 2.54. The van der Waals surface area contributed by atoms with Crippen molar-refractivity contribution in [3.8, 4) is 5.69 Å². The van der Waals surface area contributed by atoms with E-state index in [0.29, 0.717) is 18.8 Å². The Balaban J connectivity index is 2.17. The average molecular weight is 361 g/mol. The van der Waals surface area contributed by atoms with Crippen molar-refractivity contribution in [1.82, 2.24) is 20.1 Å². The van der Waals surface area contributed by atoms with Gasteiger partial charge < -0.3 is 15.6 Å². The van der Waals surface area contributed by atoms with Crippen molar-refractivity contribution < 1.29 is 4.79 Å². The predicted molar refractivity (Wildman–Crippen MR) is 99.5 cm³/mol. The summed E-state index contributed by atoms with van der Waals surface area (Å²) in [5.41, 5.74) is 1.34. The van der Waals surface area contributed by atoms with E-state index in [1.54, 1.807) is 40.4 Å². The first kappa shape index (κ1) is 18.7. The SMILES string of the molecule is CCN(C(=O)C(C)CN/C=C\C=N)c1cn(-c2cccnc2)nc1Cl. The summed E-state index contributed by atoms with van der Waals surface area (Å²) in [4.78, 5) is 18.4. The number of hydrogen-bond donors (Lipinski definition) is 2. The number of nitrogens with one attached hydrogen (secondary N) is 2. The molecule has 1 amide bonds. The molecule has 0 aliphatic rings. The van der Waals surface area contributed by atoms with E-state index in [-0.39, 0.29) is 17.0 Å². The maximum Gasteiger partial charge on any atom is 0.231 e. The van der Waals surface area contributed by atoms with E-state index >= 15 is 0 Å². The molecule has 8 heteroatoms. The molecule has 0 aliphatic heterocycles. The molecule has 7 nitrogen and oxygen atoms in total. The number of hydrogen-bond acceptors (Lipinski definition) is 5. The average Bonchev–Trinajstić information content (AvgIpc) is 3.01. The molecule has 0 aromatic carbocycles. The molecule has 1 atom stereocenters. The highest BCUT2D eigenvalue weighted by Gasteiger charge is 2.24. The fraction of sp³-hybridized carbons (Fsp3) is 0.294. The molecule has 0 aliphatic carbocycles. The number of carbonyl (C=O) groups excluding carboxylic acids is 1. The summed E-state index contributed by atoms with van der Waals surface area (Å²) in [5.74, 6) is -0.306. The molecule has 2 N–H and O–H groups in total. The summed E-state index contributed by atoms with van der Waals surface area (Å²) in [7, 11) is 0. The molecule has 0 saturated heterocycles. The second kappa shape index (κ2) is 8.98. The van der Waals surface area contributed by atoms with Gasteiger partial charge in [0.1, 0.15) is 5.69 Å². The summed E-state index contributed by atoms with van der Waals surface area (Å²) in [6, 6.07) is 3.67. The molecule has 0 spiro atoms. The monoisotopic (exact) mass is 360 g/mol. The topological polar surface area (TPSA) is 86.9 Å². The van der Waals surface area contributed by atoms with Crippen LogP contribution in [0.5, 0.6) is 0 Å². The number of rotatable bonds is 8. The second-order valence-corrected chi connectivity index (χ2v) is 5.74. The third-order valence-corrected chi connectivity index (χ3v) is 3.86. The minimum Gasteiger partial charge on any atom is -0.390 e. The molecule has 25 heavy (non-hydrogen) atoms. The van der Waals surface area contributed by atoms with Gasteiger partial charge in [-0.2, -0.15) is 5.10 Å². The van der Waals surface area contributed by atoms with Crippen molar-refractivity contribution in [2.45, 2.75) is 13.8 Å². The highest BCUT2D eigenvalue weighted by Crippen LogP contribution is 2.27. The maximum atomic E-state index is 12.7. The van der Waals surface area contributed by atoms with E-state index in [1.807, 2.05) is 26.0 Å². The molecular weight excluding hydrogens is 340 g/mol.